The number of rotatable bonds is 3. The van der Waals surface area contributed by atoms with Crippen molar-refractivity contribution in [3.8, 4) is 0 Å². The number of anilines is 1. The van der Waals surface area contributed by atoms with Crippen LogP contribution < -0.4 is 5.32 Å². The Labute approximate surface area is 149 Å². The zero-order valence-corrected chi connectivity index (χ0v) is 14.9. The minimum Gasteiger partial charge on any atom is -0.337 e. The third-order valence-electron chi connectivity index (χ3n) is 4.11. The molecule has 1 fully saturated rings. The van der Waals surface area contributed by atoms with Crippen LogP contribution in [0.25, 0.3) is 0 Å². The van der Waals surface area contributed by atoms with E-state index in [4.69, 9.17) is 11.6 Å². The minimum atomic E-state index is -0.222. The molecule has 0 spiro atoms. The normalized spacial score (nSPS) is 17.6. The molecule has 0 bridgehead atoms. The average molecular weight is 364 g/mol. The van der Waals surface area contributed by atoms with E-state index in [0.717, 1.165) is 23.3 Å². The summed E-state index contributed by atoms with van der Waals surface area (Å²) < 4.78 is 0. The zero-order valence-electron chi connectivity index (χ0n) is 13.3. The van der Waals surface area contributed by atoms with Gasteiger partial charge in [-0.15, -0.1) is 11.3 Å². The molecule has 7 heteroatoms. The molecule has 24 heavy (non-hydrogen) atoms. The van der Waals surface area contributed by atoms with Gasteiger partial charge in [-0.2, -0.15) is 0 Å². The second-order valence-electron chi connectivity index (χ2n) is 5.87. The molecule has 5 nitrogen and oxygen atoms in total. The van der Waals surface area contributed by atoms with Crippen molar-refractivity contribution in [2.24, 2.45) is 5.92 Å². The molecule has 1 atom stereocenters. The maximum Gasteiger partial charge on any atom is 0.264 e. The second kappa shape index (κ2) is 7.32. The molecule has 0 aliphatic carbocycles. The smallest absolute Gasteiger partial charge is 0.264 e. The van der Waals surface area contributed by atoms with Gasteiger partial charge in [0.1, 0.15) is 5.82 Å². The Balaban J connectivity index is 1.64. The highest BCUT2D eigenvalue weighted by atomic mass is 35.5. The predicted octanol–water partition coefficient (Wildman–Crippen LogP) is 3.60. The molecule has 2 aromatic rings. The number of thiophene rings is 1. The van der Waals surface area contributed by atoms with E-state index in [1.54, 1.807) is 17.0 Å². The zero-order chi connectivity index (χ0) is 17.1. The molecule has 1 unspecified atom stereocenters. The Bertz CT molecular complexity index is 745. The fraction of sp³-hybridized carbons (Fsp3) is 0.353. The monoisotopic (exact) mass is 363 g/mol. The number of piperidine rings is 1. The fourth-order valence-electron chi connectivity index (χ4n) is 2.79. The van der Waals surface area contributed by atoms with E-state index in [1.807, 2.05) is 18.4 Å². The number of carbonyl (C=O) groups is 2. The van der Waals surface area contributed by atoms with Crippen molar-refractivity contribution < 1.29 is 9.59 Å². The Hall–Kier alpha value is -1.92. The van der Waals surface area contributed by atoms with E-state index < -0.39 is 0 Å². The standard InChI is InChI=1S/C17H18ClN3O2S/c1-11-6-8-24-15(11)17(23)21-7-2-3-12(10-21)16(22)20-14-5-4-13(18)9-19-14/h4-6,8-9,12H,2-3,7,10H2,1H3,(H,19,20,22). The Kier molecular flexibility index (Phi) is 5.16. The molecule has 3 rings (SSSR count). The molecular weight excluding hydrogens is 346 g/mol. The van der Waals surface area contributed by atoms with E-state index in [9.17, 15) is 9.59 Å². The lowest BCUT2D eigenvalue weighted by Crippen LogP contribution is -2.43. The van der Waals surface area contributed by atoms with Crippen LogP contribution in [0.3, 0.4) is 0 Å². The van der Waals surface area contributed by atoms with Gasteiger partial charge in [0.25, 0.3) is 5.91 Å². The van der Waals surface area contributed by atoms with Crippen LogP contribution >= 0.6 is 22.9 Å². The van der Waals surface area contributed by atoms with Crippen molar-refractivity contribution in [3.63, 3.8) is 0 Å². The summed E-state index contributed by atoms with van der Waals surface area (Å²) in [7, 11) is 0. The van der Waals surface area contributed by atoms with Gasteiger partial charge in [-0.05, 0) is 48.9 Å². The molecule has 1 aliphatic rings. The van der Waals surface area contributed by atoms with Gasteiger partial charge in [-0.25, -0.2) is 4.98 Å². The van der Waals surface area contributed by atoms with Gasteiger partial charge in [0.2, 0.25) is 5.91 Å². The topological polar surface area (TPSA) is 62.3 Å². The van der Waals surface area contributed by atoms with Crippen LogP contribution in [-0.2, 0) is 4.79 Å². The van der Waals surface area contributed by atoms with Gasteiger partial charge in [0.15, 0.2) is 0 Å². The maximum absolute atomic E-state index is 12.6. The average Bonchev–Trinajstić information content (AvgIpc) is 3.02. The first-order valence-electron chi connectivity index (χ1n) is 7.80. The summed E-state index contributed by atoms with van der Waals surface area (Å²) in [6.45, 7) is 3.07. The maximum atomic E-state index is 12.6. The van der Waals surface area contributed by atoms with Crippen molar-refractivity contribution in [3.05, 3.63) is 45.2 Å². The summed E-state index contributed by atoms with van der Waals surface area (Å²) in [5.41, 5.74) is 0.988. The van der Waals surface area contributed by atoms with Crippen LogP contribution in [0.1, 0.15) is 28.1 Å². The van der Waals surface area contributed by atoms with Crippen LogP contribution in [0.15, 0.2) is 29.8 Å². The summed E-state index contributed by atoms with van der Waals surface area (Å²) in [6.07, 6.45) is 3.09. The molecule has 1 aliphatic heterocycles. The number of halogens is 1. The first-order chi connectivity index (χ1) is 11.5. The van der Waals surface area contributed by atoms with Crippen molar-refractivity contribution in [2.75, 3.05) is 18.4 Å². The first-order valence-corrected chi connectivity index (χ1v) is 9.06. The minimum absolute atomic E-state index is 0.0182. The van der Waals surface area contributed by atoms with Gasteiger partial charge in [-0.3, -0.25) is 9.59 Å². The number of hydrogen-bond donors (Lipinski definition) is 1. The number of pyridine rings is 1. The number of aryl methyl sites for hydroxylation is 1. The molecule has 2 amide bonds. The summed E-state index contributed by atoms with van der Waals surface area (Å²) >= 11 is 7.24. The highest BCUT2D eigenvalue weighted by molar-refractivity contribution is 7.12. The van der Waals surface area contributed by atoms with Crippen LogP contribution in [0, 0.1) is 12.8 Å². The number of amides is 2. The highest BCUT2D eigenvalue weighted by Gasteiger charge is 2.30. The fourth-order valence-corrected chi connectivity index (χ4v) is 3.79. The Morgan fingerprint density at radius 3 is 2.88 bits per heavy atom. The third kappa shape index (κ3) is 3.76. The molecular formula is C17H18ClN3O2S. The number of nitrogens with zero attached hydrogens (tertiary/aromatic N) is 2. The van der Waals surface area contributed by atoms with E-state index in [2.05, 4.69) is 10.3 Å². The number of hydrogen-bond acceptors (Lipinski definition) is 4. The van der Waals surface area contributed by atoms with Crippen molar-refractivity contribution in [1.82, 2.24) is 9.88 Å². The van der Waals surface area contributed by atoms with Crippen LogP contribution in [-0.4, -0.2) is 34.8 Å². The lowest BCUT2D eigenvalue weighted by Gasteiger charge is -2.31. The number of carbonyl (C=O) groups excluding carboxylic acids is 2. The lowest BCUT2D eigenvalue weighted by atomic mass is 9.97. The molecule has 126 valence electrons. The molecule has 2 aromatic heterocycles. The summed E-state index contributed by atoms with van der Waals surface area (Å²) in [6, 6.07) is 5.29. The van der Waals surface area contributed by atoms with Crippen molar-refractivity contribution in [1.29, 1.82) is 0 Å². The largest absolute Gasteiger partial charge is 0.337 e. The van der Waals surface area contributed by atoms with E-state index in [-0.39, 0.29) is 17.7 Å². The molecule has 0 radical (unpaired) electrons. The number of likely N-dealkylation sites (tertiary alicyclic amines) is 1. The Morgan fingerprint density at radius 2 is 2.21 bits per heavy atom. The molecule has 3 heterocycles. The van der Waals surface area contributed by atoms with Gasteiger partial charge >= 0.3 is 0 Å². The number of nitrogens with one attached hydrogen (secondary N) is 1. The quantitative estimate of drug-likeness (QED) is 0.906. The van der Waals surface area contributed by atoms with Gasteiger partial charge < -0.3 is 10.2 Å². The summed E-state index contributed by atoms with van der Waals surface area (Å²) in [5, 5.41) is 5.24. The first kappa shape index (κ1) is 16.9. The van der Waals surface area contributed by atoms with Gasteiger partial charge in [-0.1, -0.05) is 11.6 Å². The highest BCUT2D eigenvalue weighted by Crippen LogP contribution is 2.23. The summed E-state index contributed by atoms with van der Waals surface area (Å²) in [5.74, 6) is 0.164. The molecule has 0 saturated carbocycles. The van der Waals surface area contributed by atoms with Gasteiger partial charge in [0.05, 0.1) is 15.8 Å². The summed E-state index contributed by atoms with van der Waals surface area (Å²) in [4.78, 5) is 31.7. The van der Waals surface area contributed by atoms with Crippen LogP contribution in [0.5, 0.6) is 0 Å². The van der Waals surface area contributed by atoms with Crippen molar-refractivity contribution in [2.45, 2.75) is 19.8 Å². The number of aromatic nitrogens is 1. The van der Waals surface area contributed by atoms with E-state index in [1.165, 1.54) is 17.5 Å². The van der Waals surface area contributed by atoms with Crippen LogP contribution in [0.2, 0.25) is 5.02 Å². The van der Waals surface area contributed by atoms with E-state index in [0.29, 0.717) is 23.9 Å². The lowest BCUT2D eigenvalue weighted by molar-refractivity contribution is -0.121. The van der Waals surface area contributed by atoms with Gasteiger partial charge in [0, 0.05) is 19.3 Å². The predicted molar refractivity (Wildman–Crippen MR) is 95.6 cm³/mol. The van der Waals surface area contributed by atoms with Crippen molar-refractivity contribution >= 4 is 40.6 Å². The Morgan fingerprint density at radius 1 is 1.38 bits per heavy atom. The molecule has 1 saturated heterocycles. The van der Waals surface area contributed by atoms with E-state index >= 15 is 0 Å². The third-order valence-corrected chi connectivity index (χ3v) is 5.34. The SMILES string of the molecule is Cc1ccsc1C(=O)N1CCCC(C(=O)Nc2ccc(Cl)cn2)C1. The van der Waals surface area contributed by atoms with Crippen LogP contribution in [0.4, 0.5) is 5.82 Å². The molecule has 0 aromatic carbocycles. The second-order valence-corrected chi connectivity index (χ2v) is 7.23. The molecule has 1 N–H and O–H groups in total.